The van der Waals surface area contributed by atoms with Gasteiger partial charge in [-0.1, -0.05) is 56.9 Å². The van der Waals surface area contributed by atoms with Gasteiger partial charge in [0.2, 0.25) is 0 Å². The highest BCUT2D eigenvalue weighted by molar-refractivity contribution is 5.75. The lowest BCUT2D eigenvalue weighted by molar-refractivity contribution is -0.172. The minimum atomic E-state index is -1.43. The maximum Gasteiger partial charge on any atom is 0.308 e. The molecule has 9 unspecified atom stereocenters. The number of carboxylic acid groups (broad SMARTS) is 1. The van der Waals surface area contributed by atoms with Gasteiger partial charge in [-0.2, -0.15) is 0 Å². The van der Waals surface area contributed by atoms with Crippen molar-refractivity contribution in [3.8, 4) is 0 Å². The second-order valence-electron chi connectivity index (χ2n) is 18.2. The molecule has 0 saturated carbocycles. The quantitative estimate of drug-likeness (QED) is 0.198. The number of cyclic esters (lactones) is 8. The van der Waals surface area contributed by atoms with Gasteiger partial charge in [0.15, 0.2) is 0 Å². The molecule has 2 N–H and O–H groups in total. The molecule has 8 aliphatic rings. The van der Waals surface area contributed by atoms with Gasteiger partial charge in [0.05, 0.1) is 81.9 Å². The van der Waals surface area contributed by atoms with Crippen molar-refractivity contribution in [2.24, 2.45) is 29.6 Å². The molecule has 8 saturated heterocycles. The third-order valence-electron chi connectivity index (χ3n) is 10.8. The monoisotopic (exact) mass is 993 g/mol. The van der Waals surface area contributed by atoms with Gasteiger partial charge >= 0.3 is 53.7 Å². The first kappa shape index (κ1) is 68.5. The Morgan fingerprint density at radius 1 is 0.493 bits per heavy atom. The van der Waals surface area contributed by atoms with Gasteiger partial charge in [0, 0.05) is 38.0 Å². The van der Waals surface area contributed by atoms with Crippen LogP contribution in [0, 0.1) is 29.6 Å². The van der Waals surface area contributed by atoms with Gasteiger partial charge < -0.3 is 48.1 Å². The van der Waals surface area contributed by atoms with Crippen LogP contribution in [0.4, 0.5) is 0 Å². The first-order valence-corrected chi connectivity index (χ1v) is 23.3. The SMILES string of the molecule is C.C.C.CC1CC(O)(CC(=O)O)CC(=O)O1.CC1CCC(=O)O1.CC1CCC(=O)OC1.CC1CCCC(=O)O1.CC1CCCOC1=O.CC1CCOC(=O)C1.CC1CCOC1=O.CC1COC(=O)C1. The molecule has 0 radical (unpaired) electrons. The largest absolute Gasteiger partial charge is 0.481 e. The smallest absolute Gasteiger partial charge is 0.308 e. The fourth-order valence-corrected chi connectivity index (χ4v) is 6.77. The van der Waals surface area contributed by atoms with E-state index < -0.39 is 30.1 Å². The van der Waals surface area contributed by atoms with E-state index in [0.29, 0.717) is 82.9 Å². The van der Waals surface area contributed by atoms with Crippen molar-refractivity contribution >= 4 is 53.7 Å². The molecule has 19 nitrogen and oxygen atoms in total. The summed E-state index contributed by atoms with van der Waals surface area (Å²) >= 11 is 0. The van der Waals surface area contributed by atoms with Crippen LogP contribution in [0.3, 0.4) is 0 Å². The predicted octanol–water partition coefficient (Wildman–Crippen LogP) is 7.66. The van der Waals surface area contributed by atoms with Gasteiger partial charge in [0.25, 0.3) is 0 Å². The summed E-state index contributed by atoms with van der Waals surface area (Å²) in [5.41, 5.74) is -1.43. The molecule has 0 amide bonds. The molecule has 8 aliphatic heterocycles. The summed E-state index contributed by atoms with van der Waals surface area (Å²) in [5, 5.41) is 18.2. The van der Waals surface area contributed by atoms with Crippen LogP contribution in [-0.2, 0) is 81.0 Å². The average molecular weight is 993 g/mol. The van der Waals surface area contributed by atoms with E-state index in [-0.39, 0.29) is 101 Å². The lowest BCUT2D eigenvalue weighted by atomic mass is 9.87. The Kier molecular flexibility index (Phi) is 36.8. The molecule has 402 valence electrons. The number of carboxylic acids is 1. The molecule has 8 heterocycles. The van der Waals surface area contributed by atoms with Gasteiger partial charge in [0.1, 0.15) is 6.10 Å². The van der Waals surface area contributed by atoms with Gasteiger partial charge in [-0.3, -0.25) is 43.2 Å². The maximum absolute atomic E-state index is 10.9. The molecule has 0 aliphatic carbocycles. The van der Waals surface area contributed by atoms with Crippen LogP contribution >= 0.6 is 0 Å². The summed E-state index contributed by atoms with van der Waals surface area (Å²) in [6.07, 6.45) is 10.4. The third kappa shape index (κ3) is 34.2. The van der Waals surface area contributed by atoms with Crippen LogP contribution in [0.5, 0.6) is 0 Å². The zero-order valence-electron chi connectivity index (χ0n) is 40.3. The van der Waals surface area contributed by atoms with Crippen molar-refractivity contribution in [1.82, 2.24) is 0 Å². The Labute approximate surface area is 411 Å². The Bertz CT molecular complexity index is 1500. The molecular weight excluding hydrogens is 905 g/mol. The summed E-state index contributed by atoms with van der Waals surface area (Å²) in [4.78, 5) is 93.9. The van der Waals surface area contributed by atoms with Crippen LogP contribution < -0.4 is 0 Å². The Morgan fingerprint density at radius 3 is 1.29 bits per heavy atom. The fraction of sp³-hybridized carbons (Fsp3) is 0.820. The minimum Gasteiger partial charge on any atom is -0.481 e. The topological polar surface area (TPSA) is 268 Å². The molecule has 69 heavy (non-hydrogen) atoms. The highest BCUT2D eigenvalue weighted by Crippen LogP contribution is 2.28. The highest BCUT2D eigenvalue weighted by atomic mass is 16.6. The van der Waals surface area contributed by atoms with Crippen LogP contribution in [0.25, 0.3) is 0 Å². The first-order valence-electron chi connectivity index (χ1n) is 23.3. The van der Waals surface area contributed by atoms with Crippen LogP contribution in [0.1, 0.15) is 180 Å². The predicted molar refractivity (Wildman–Crippen MR) is 254 cm³/mol. The zero-order chi connectivity index (χ0) is 49.8. The second-order valence-corrected chi connectivity index (χ2v) is 18.2. The number of rotatable bonds is 2. The van der Waals surface area contributed by atoms with Gasteiger partial charge in [-0.25, -0.2) is 0 Å². The van der Waals surface area contributed by atoms with E-state index in [2.05, 4.69) is 23.3 Å². The third-order valence-corrected chi connectivity index (χ3v) is 10.8. The van der Waals surface area contributed by atoms with Crippen LogP contribution in [-0.4, -0.2) is 121 Å². The van der Waals surface area contributed by atoms with E-state index >= 15 is 0 Å². The zero-order valence-corrected chi connectivity index (χ0v) is 40.3. The van der Waals surface area contributed by atoms with E-state index in [1.54, 1.807) is 6.92 Å². The van der Waals surface area contributed by atoms with E-state index in [0.717, 1.165) is 51.4 Å². The van der Waals surface area contributed by atoms with Crippen molar-refractivity contribution in [2.45, 2.75) is 204 Å². The first-order chi connectivity index (χ1) is 31.0. The molecule has 0 aromatic carbocycles. The molecule has 0 aromatic heterocycles. The van der Waals surface area contributed by atoms with Gasteiger partial charge in [-0.05, 0) is 84.0 Å². The molecule has 8 fully saturated rings. The van der Waals surface area contributed by atoms with Crippen LogP contribution in [0.2, 0.25) is 0 Å². The summed E-state index contributed by atoms with van der Waals surface area (Å²) in [7, 11) is 0. The number of carbonyl (C=O) groups is 9. The van der Waals surface area contributed by atoms with Crippen LogP contribution in [0.15, 0.2) is 0 Å². The van der Waals surface area contributed by atoms with Crippen molar-refractivity contribution in [3.05, 3.63) is 0 Å². The van der Waals surface area contributed by atoms with E-state index in [9.17, 15) is 48.3 Å². The summed E-state index contributed by atoms with van der Waals surface area (Å²) in [6, 6.07) is 0. The van der Waals surface area contributed by atoms with Crippen molar-refractivity contribution in [2.75, 3.05) is 33.0 Å². The molecule has 0 aromatic rings. The Balaban J connectivity index is -0.000000723. The molecule has 19 heteroatoms. The number of hydrogen-bond acceptors (Lipinski definition) is 18. The Morgan fingerprint density at radius 2 is 0.986 bits per heavy atom. The number of carbonyl (C=O) groups excluding carboxylic acids is 8. The number of esters is 8. The molecule has 0 spiro atoms. The number of aliphatic hydroxyl groups is 1. The standard InChI is InChI=1S/C8H12O5.4C6H10O2.3C5H8O2.3CH4/c1-5-2-8(12,3-6(9)10)4-7(11)13-5;1-5-2-3-8-6(7)4-5;1-5-2-3-6(7)8-4-5;1-5-3-2-4-8-6(5)7;1-5-3-2-4-6(7)8-5;1-4-2-5(6)7-3-4;1-4-2-3-7-5(4)6;1-4-2-3-5(6)7-4;;;/h5,12H,2-4H2,1H3,(H,9,10);4*5H,2-4H2,1H3;3*4H,2-3H2,1H3;3*1H4. The summed E-state index contributed by atoms with van der Waals surface area (Å²) < 4.78 is 37.8. The van der Waals surface area contributed by atoms with Crippen molar-refractivity contribution < 1.29 is 91.3 Å². The lowest BCUT2D eigenvalue weighted by Crippen LogP contribution is -2.43. The van der Waals surface area contributed by atoms with Crippen molar-refractivity contribution in [3.63, 3.8) is 0 Å². The van der Waals surface area contributed by atoms with E-state index in [4.69, 9.17) is 33.5 Å². The van der Waals surface area contributed by atoms with Gasteiger partial charge in [-0.15, -0.1) is 0 Å². The minimum absolute atomic E-state index is 0. The van der Waals surface area contributed by atoms with E-state index in [1.165, 1.54) is 0 Å². The summed E-state index contributed by atoms with van der Waals surface area (Å²) in [5.74, 6) is -0.0704. The lowest BCUT2D eigenvalue weighted by Gasteiger charge is -2.33. The maximum atomic E-state index is 10.9. The molecule has 0 bridgehead atoms. The molecule has 8 rings (SSSR count). The highest BCUT2D eigenvalue weighted by Gasteiger charge is 2.40. The normalized spacial score (nSPS) is 29.4. The van der Waals surface area contributed by atoms with E-state index in [1.807, 2.05) is 34.6 Å². The number of aliphatic carboxylic acids is 1. The summed E-state index contributed by atoms with van der Waals surface area (Å²) in [6.45, 7) is 18.5. The average Bonchev–Trinajstić information content (AvgIpc) is 3.93. The molecule has 9 atom stereocenters. The second kappa shape index (κ2) is 37.1. The number of hydrogen-bond donors (Lipinski definition) is 2. The van der Waals surface area contributed by atoms with Crippen molar-refractivity contribution in [1.29, 1.82) is 0 Å². The molecular formula is C50H88O19. The fourth-order valence-electron chi connectivity index (χ4n) is 6.77. The number of ether oxygens (including phenoxy) is 8. The Hall–Kier alpha value is -4.81.